The molecule has 0 atom stereocenters. The third-order valence-electron chi connectivity index (χ3n) is 4.22. The van der Waals surface area contributed by atoms with Crippen LogP contribution < -0.4 is 10.6 Å². The van der Waals surface area contributed by atoms with E-state index in [0.29, 0.717) is 5.82 Å². The van der Waals surface area contributed by atoms with Crippen LogP contribution in [0.2, 0.25) is 0 Å². The number of halogens is 1. The molecule has 0 aliphatic carbocycles. The highest BCUT2D eigenvalue weighted by Gasteiger charge is 2.22. The number of nitrogens with one attached hydrogen (secondary N) is 2. The molecule has 2 aromatic rings. The summed E-state index contributed by atoms with van der Waals surface area (Å²) in [6.07, 6.45) is 0. The van der Waals surface area contributed by atoms with Crippen molar-refractivity contribution < 1.29 is 18.7 Å². The summed E-state index contributed by atoms with van der Waals surface area (Å²) in [5.41, 5.74) is 0.718. The highest BCUT2D eigenvalue weighted by Crippen LogP contribution is 2.23. The topological polar surface area (TPSA) is 88.5 Å². The van der Waals surface area contributed by atoms with E-state index in [1.54, 1.807) is 23.9 Å². The van der Waals surface area contributed by atoms with Gasteiger partial charge in [0.25, 0.3) is 0 Å². The first-order valence-electron chi connectivity index (χ1n) is 9.25. The number of hydrogen-bond donors (Lipinski definition) is 2. The second-order valence-electron chi connectivity index (χ2n) is 7.66. The van der Waals surface area contributed by atoms with Crippen LogP contribution in [0.3, 0.4) is 0 Å². The molecule has 8 nitrogen and oxygen atoms in total. The first kappa shape index (κ1) is 22.4. The minimum atomic E-state index is -0.595. The van der Waals surface area contributed by atoms with Gasteiger partial charge in [-0.1, -0.05) is 32.9 Å². The van der Waals surface area contributed by atoms with E-state index in [1.807, 2.05) is 20.8 Å². The number of hydrogen-bond acceptors (Lipinski definition) is 4. The van der Waals surface area contributed by atoms with Crippen molar-refractivity contribution >= 4 is 23.4 Å². The molecule has 1 aromatic carbocycles. The average molecular weight is 405 g/mol. The van der Waals surface area contributed by atoms with Crippen LogP contribution in [-0.4, -0.2) is 53.4 Å². The monoisotopic (exact) mass is 405 g/mol. The maximum absolute atomic E-state index is 13.8. The molecule has 1 heterocycles. The normalized spacial score (nSPS) is 11.2. The van der Waals surface area contributed by atoms with Gasteiger partial charge in [-0.2, -0.15) is 5.10 Å². The van der Waals surface area contributed by atoms with Crippen LogP contribution in [0.4, 0.5) is 20.7 Å². The summed E-state index contributed by atoms with van der Waals surface area (Å²) in [5, 5.41) is 9.66. The molecule has 0 saturated carbocycles. The minimum absolute atomic E-state index is 0.0433. The Morgan fingerprint density at radius 2 is 1.93 bits per heavy atom. The second-order valence-corrected chi connectivity index (χ2v) is 7.66. The first-order valence-corrected chi connectivity index (χ1v) is 9.25. The summed E-state index contributed by atoms with van der Waals surface area (Å²) < 4.78 is 20.4. The van der Waals surface area contributed by atoms with Crippen molar-refractivity contribution in [1.29, 1.82) is 0 Å². The lowest BCUT2D eigenvalue weighted by Crippen LogP contribution is -2.42. The number of benzene rings is 1. The SMILES string of the molecule is COCCN(CC(=O)Nc1cc(C(C)(C)C)nn1C)C(=O)Nc1ccccc1F. The Balaban J connectivity index is 2.07. The van der Waals surface area contributed by atoms with Gasteiger partial charge in [-0.25, -0.2) is 9.18 Å². The van der Waals surface area contributed by atoms with Gasteiger partial charge in [-0.05, 0) is 12.1 Å². The predicted octanol–water partition coefficient (Wildman–Crippen LogP) is 2.98. The molecule has 0 aliphatic heterocycles. The highest BCUT2D eigenvalue weighted by molar-refractivity contribution is 5.96. The van der Waals surface area contributed by atoms with Gasteiger partial charge in [0.05, 0.1) is 18.0 Å². The molecule has 0 spiro atoms. The maximum Gasteiger partial charge on any atom is 0.322 e. The Kier molecular flexibility index (Phi) is 7.33. The summed E-state index contributed by atoms with van der Waals surface area (Å²) in [6.45, 7) is 6.27. The number of carbonyl (C=O) groups is 2. The number of aryl methyl sites for hydroxylation is 1. The first-order chi connectivity index (χ1) is 13.6. The van der Waals surface area contributed by atoms with Crippen molar-refractivity contribution in [3.63, 3.8) is 0 Å². The van der Waals surface area contributed by atoms with E-state index in [4.69, 9.17) is 4.74 Å². The van der Waals surface area contributed by atoms with Gasteiger partial charge >= 0.3 is 6.03 Å². The number of carbonyl (C=O) groups excluding carboxylic acids is 2. The molecular formula is C20H28FN5O3. The molecule has 0 radical (unpaired) electrons. The third-order valence-corrected chi connectivity index (χ3v) is 4.22. The lowest BCUT2D eigenvalue weighted by molar-refractivity contribution is -0.116. The van der Waals surface area contributed by atoms with E-state index < -0.39 is 17.8 Å². The van der Waals surface area contributed by atoms with Gasteiger partial charge in [-0.3, -0.25) is 9.48 Å². The predicted molar refractivity (Wildman–Crippen MR) is 109 cm³/mol. The van der Waals surface area contributed by atoms with Gasteiger partial charge in [0.15, 0.2) is 0 Å². The van der Waals surface area contributed by atoms with Gasteiger partial charge in [0.1, 0.15) is 18.2 Å². The van der Waals surface area contributed by atoms with Crippen LogP contribution in [0.5, 0.6) is 0 Å². The number of urea groups is 1. The fourth-order valence-electron chi connectivity index (χ4n) is 2.52. The van der Waals surface area contributed by atoms with E-state index >= 15 is 0 Å². The second kappa shape index (κ2) is 9.51. The molecule has 0 aliphatic rings. The quantitative estimate of drug-likeness (QED) is 0.741. The summed E-state index contributed by atoms with van der Waals surface area (Å²) in [6, 6.07) is 7.04. The fraction of sp³-hybridized carbons (Fsp3) is 0.450. The zero-order chi connectivity index (χ0) is 21.6. The van der Waals surface area contributed by atoms with E-state index in [1.165, 1.54) is 30.2 Å². The van der Waals surface area contributed by atoms with E-state index in [-0.39, 0.29) is 30.8 Å². The van der Waals surface area contributed by atoms with Gasteiger partial charge in [-0.15, -0.1) is 0 Å². The Morgan fingerprint density at radius 3 is 2.52 bits per heavy atom. The third kappa shape index (κ3) is 6.28. The molecule has 0 unspecified atom stereocenters. The van der Waals surface area contributed by atoms with Crippen molar-refractivity contribution in [2.45, 2.75) is 26.2 Å². The van der Waals surface area contributed by atoms with Gasteiger partial charge < -0.3 is 20.3 Å². The molecule has 2 N–H and O–H groups in total. The molecule has 0 bridgehead atoms. The smallest absolute Gasteiger partial charge is 0.322 e. The Morgan fingerprint density at radius 1 is 1.24 bits per heavy atom. The van der Waals surface area contributed by atoms with E-state index in [9.17, 15) is 14.0 Å². The van der Waals surface area contributed by atoms with Crippen LogP contribution in [0.25, 0.3) is 0 Å². The van der Waals surface area contributed by atoms with Crippen molar-refractivity contribution in [2.24, 2.45) is 7.05 Å². The summed E-state index contributed by atoms with van der Waals surface area (Å²) in [4.78, 5) is 26.3. The van der Waals surface area contributed by atoms with Crippen LogP contribution in [-0.2, 0) is 22.0 Å². The van der Waals surface area contributed by atoms with Crippen LogP contribution in [0, 0.1) is 5.82 Å². The number of rotatable bonds is 7. The van der Waals surface area contributed by atoms with E-state index in [0.717, 1.165) is 5.69 Å². The largest absolute Gasteiger partial charge is 0.383 e. The van der Waals surface area contributed by atoms with Crippen LogP contribution >= 0.6 is 0 Å². The number of para-hydroxylation sites is 1. The molecule has 1 aromatic heterocycles. The average Bonchev–Trinajstić information content (AvgIpc) is 3.01. The van der Waals surface area contributed by atoms with Gasteiger partial charge in [0, 0.05) is 32.2 Å². The number of aromatic nitrogens is 2. The lowest BCUT2D eigenvalue weighted by atomic mass is 9.92. The molecule has 0 fully saturated rings. The number of amides is 3. The van der Waals surface area contributed by atoms with Crippen molar-refractivity contribution in [3.05, 3.63) is 41.8 Å². The van der Waals surface area contributed by atoms with Crippen molar-refractivity contribution in [2.75, 3.05) is 37.4 Å². The number of anilines is 2. The molecule has 3 amide bonds. The number of ether oxygens (including phenoxy) is 1. The minimum Gasteiger partial charge on any atom is -0.383 e. The van der Waals surface area contributed by atoms with Crippen molar-refractivity contribution in [3.8, 4) is 0 Å². The highest BCUT2D eigenvalue weighted by atomic mass is 19.1. The lowest BCUT2D eigenvalue weighted by Gasteiger charge is -2.22. The number of nitrogens with zero attached hydrogens (tertiary/aromatic N) is 3. The summed E-state index contributed by atoms with van der Waals surface area (Å²) in [5.74, 6) is -0.420. The maximum atomic E-state index is 13.8. The molecule has 29 heavy (non-hydrogen) atoms. The standard InChI is InChI=1S/C20H28FN5O3/c1-20(2,3)16-12-17(25(4)24-16)23-18(27)13-26(10-11-29-5)19(28)22-15-9-7-6-8-14(15)21/h6-9,12H,10-11,13H2,1-5H3,(H,22,28)(H,23,27). The van der Waals surface area contributed by atoms with Crippen LogP contribution in [0.15, 0.2) is 30.3 Å². The summed E-state index contributed by atoms with van der Waals surface area (Å²) in [7, 11) is 3.23. The number of methoxy groups -OCH3 is 1. The summed E-state index contributed by atoms with van der Waals surface area (Å²) >= 11 is 0. The van der Waals surface area contributed by atoms with E-state index in [2.05, 4.69) is 15.7 Å². The molecule has 158 valence electrons. The Hall–Kier alpha value is -2.94. The molecule has 2 rings (SSSR count). The molecular weight excluding hydrogens is 377 g/mol. The Bertz CT molecular complexity index is 860. The Labute approximate surface area is 170 Å². The molecule has 0 saturated heterocycles. The van der Waals surface area contributed by atoms with Crippen LogP contribution in [0.1, 0.15) is 26.5 Å². The zero-order valence-corrected chi connectivity index (χ0v) is 17.5. The zero-order valence-electron chi connectivity index (χ0n) is 17.5. The fourth-order valence-corrected chi connectivity index (χ4v) is 2.52. The molecule has 9 heteroatoms. The van der Waals surface area contributed by atoms with Crippen molar-refractivity contribution in [1.82, 2.24) is 14.7 Å². The van der Waals surface area contributed by atoms with Gasteiger partial charge in [0.2, 0.25) is 5.91 Å².